The van der Waals surface area contributed by atoms with Crippen LogP contribution in [0.4, 0.5) is 0 Å². The molecular weight excluding hydrogens is 522 g/mol. The third-order valence-electron chi connectivity index (χ3n) is 6.09. The highest BCUT2D eigenvalue weighted by Gasteiger charge is 2.29. The highest BCUT2D eigenvalue weighted by molar-refractivity contribution is 5.90. The van der Waals surface area contributed by atoms with Crippen LogP contribution in [0.5, 0.6) is 5.75 Å². The molecule has 4 N–H and O–H groups in total. The van der Waals surface area contributed by atoms with Crippen molar-refractivity contribution in [1.29, 1.82) is 5.26 Å². The zero-order chi connectivity index (χ0) is 29.9. The first kappa shape index (κ1) is 33.8. The van der Waals surface area contributed by atoms with Crippen molar-refractivity contribution < 1.29 is 44.3 Å². The van der Waals surface area contributed by atoms with Crippen molar-refractivity contribution in [2.45, 2.75) is 38.6 Å². The molecule has 0 aliphatic carbocycles. The quantitative estimate of drug-likeness (QED) is 0.307. The average molecular weight is 560 g/mol. The molecule has 218 valence electrons. The van der Waals surface area contributed by atoms with E-state index in [1.165, 1.54) is 52.0 Å². The molecular formula is C28H37N3O9. The summed E-state index contributed by atoms with van der Waals surface area (Å²) < 4.78 is 5.82. The summed E-state index contributed by atoms with van der Waals surface area (Å²) in [5, 5.41) is 40.1. The zero-order valence-electron chi connectivity index (χ0n) is 22.5. The largest absolute Gasteiger partial charge is 0.494 e. The summed E-state index contributed by atoms with van der Waals surface area (Å²) in [6.45, 7) is 9.29. The molecule has 1 aromatic rings. The van der Waals surface area contributed by atoms with Crippen molar-refractivity contribution in [3.63, 3.8) is 0 Å². The van der Waals surface area contributed by atoms with Crippen LogP contribution < -0.4 is 4.74 Å². The average Bonchev–Trinajstić information content (AvgIpc) is 2.92. The summed E-state index contributed by atoms with van der Waals surface area (Å²) in [7, 11) is 0. The molecule has 0 amide bonds. The number of piperidine rings is 1. The fraction of sp³-hybridized carbons (Fsp3) is 0.464. The number of nitriles is 1. The number of ether oxygens (including phenoxy) is 1. The van der Waals surface area contributed by atoms with Gasteiger partial charge in [-0.25, -0.2) is 19.2 Å². The number of hydrogen-bond donors (Lipinski definition) is 4. The van der Waals surface area contributed by atoms with Gasteiger partial charge in [0, 0.05) is 56.5 Å². The molecule has 2 atom stereocenters. The second-order valence-electron chi connectivity index (χ2n) is 9.34. The van der Waals surface area contributed by atoms with Gasteiger partial charge < -0.3 is 30.1 Å². The Kier molecular flexibility index (Phi) is 16.0. The minimum Gasteiger partial charge on any atom is -0.494 e. The summed E-state index contributed by atoms with van der Waals surface area (Å²) in [5.74, 6) is -3.52. The van der Waals surface area contributed by atoms with Gasteiger partial charge >= 0.3 is 23.9 Å². The van der Waals surface area contributed by atoms with Gasteiger partial charge in [-0.2, -0.15) is 5.26 Å². The van der Waals surface area contributed by atoms with Crippen LogP contribution in [0.2, 0.25) is 0 Å². The molecule has 1 aromatic carbocycles. The van der Waals surface area contributed by atoms with Crippen molar-refractivity contribution in [2.24, 2.45) is 5.92 Å². The van der Waals surface area contributed by atoms with Crippen LogP contribution in [0, 0.1) is 17.2 Å². The molecule has 2 aliphatic rings. The van der Waals surface area contributed by atoms with Gasteiger partial charge in [-0.05, 0) is 56.0 Å². The van der Waals surface area contributed by atoms with E-state index in [4.69, 9.17) is 30.4 Å². The van der Waals surface area contributed by atoms with Crippen LogP contribution in [-0.2, 0) is 19.2 Å². The molecule has 0 bridgehead atoms. The number of carbonyl (C=O) groups is 4. The first-order valence-electron chi connectivity index (χ1n) is 12.9. The van der Waals surface area contributed by atoms with E-state index in [0.717, 1.165) is 24.8 Å². The van der Waals surface area contributed by atoms with Gasteiger partial charge in [0.1, 0.15) is 5.75 Å². The standard InChI is InChI=1S/C20H29N3O.2C4H4O4/c1-17(9-13-24-20-7-5-18(14-21)6-8-20)15-22-11-12-23-10-3-2-4-19(23)16-22;2*5-3(6)1-2-4(7)8/h5-8,17,19H,2-4,9-13,15-16H2,1H3;2*1-2H,(H,5,6)(H,7,8). The predicted molar refractivity (Wildman–Crippen MR) is 145 cm³/mol. The maximum atomic E-state index is 9.55. The molecule has 0 aromatic heterocycles. The number of aliphatic carboxylic acids is 4. The third-order valence-corrected chi connectivity index (χ3v) is 6.09. The lowest BCUT2D eigenvalue weighted by Gasteiger charge is -2.44. The van der Waals surface area contributed by atoms with E-state index in [0.29, 0.717) is 35.8 Å². The van der Waals surface area contributed by atoms with Gasteiger partial charge in [0.2, 0.25) is 0 Å². The minimum atomic E-state index is -1.26. The number of rotatable bonds is 10. The second-order valence-corrected chi connectivity index (χ2v) is 9.34. The Morgan fingerprint density at radius 3 is 1.98 bits per heavy atom. The molecule has 0 saturated carbocycles. The first-order chi connectivity index (χ1) is 19.0. The van der Waals surface area contributed by atoms with Crippen molar-refractivity contribution in [2.75, 3.05) is 39.3 Å². The van der Waals surface area contributed by atoms with Gasteiger partial charge in [-0.15, -0.1) is 0 Å². The zero-order valence-corrected chi connectivity index (χ0v) is 22.5. The van der Waals surface area contributed by atoms with E-state index in [1.54, 1.807) is 0 Å². The Balaban J connectivity index is 0.000000412. The Morgan fingerprint density at radius 1 is 0.925 bits per heavy atom. The minimum absolute atomic E-state index is 0.558. The number of hydrogen-bond acceptors (Lipinski definition) is 8. The number of benzene rings is 1. The number of carboxylic acids is 4. The molecule has 3 rings (SSSR count). The molecule has 12 heteroatoms. The Hall–Kier alpha value is -4.21. The van der Waals surface area contributed by atoms with Crippen molar-refractivity contribution in [1.82, 2.24) is 9.80 Å². The summed E-state index contributed by atoms with van der Waals surface area (Å²) >= 11 is 0. The van der Waals surface area contributed by atoms with Gasteiger partial charge in [-0.1, -0.05) is 13.3 Å². The van der Waals surface area contributed by atoms with Crippen molar-refractivity contribution in [3.05, 3.63) is 54.1 Å². The van der Waals surface area contributed by atoms with Gasteiger partial charge in [0.05, 0.1) is 18.2 Å². The molecule has 2 heterocycles. The highest BCUT2D eigenvalue weighted by atomic mass is 16.5. The molecule has 2 saturated heterocycles. The number of piperazine rings is 1. The third kappa shape index (κ3) is 15.9. The highest BCUT2D eigenvalue weighted by Crippen LogP contribution is 2.22. The topological polar surface area (TPSA) is 189 Å². The van der Waals surface area contributed by atoms with E-state index in [2.05, 4.69) is 22.8 Å². The van der Waals surface area contributed by atoms with Gasteiger partial charge in [0.15, 0.2) is 0 Å². The first-order valence-corrected chi connectivity index (χ1v) is 12.9. The van der Waals surface area contributed by atoms with Crippen LogP contribution in [0.3, 0.4) is 0 Å². The van der Waals surface area contributed by atoms with Gasteiger partial charge in [0.25, 0.3) is 0 Å². The van der Waals surface area contributed by atoms with Crippen LogP contribution in [0.15, 0.2) is 48.6 Å². The van der Waals surface area contributed by atoms with E-state index < -0.39 is 23.9 Å². The SMILES string of the molecule is CC(CCOc1ccc(C#N)cc1)CN1CCN2CCCCC2C1.O=C(O)C=CC(=O)O.O=C(O)C=CC(=O)O. The number of carboxylic acid groups (broad SMARTS) is 4. The lowest BCUT2D eigenvalue weighted by Crippen LogP contribution is -2.55. The molecule has 0 spiro atoms. The fourth-order valence-corrected chi connectivity index (χ4v) is 4.21. The van der Waals surface area contributed by atoms with E-state index in [9.17, 15) is 19.2 Å². The van der Waals surface area contributed by atoms with Gasteiger partial charge in [-0.3, -0.25) is 4.90 Å². The molecule has 0 radical (unpaired) electrons. The van der Waals surface area contributed by atoms with Crippen LogP contribution >= 0.6 is 0 Å². The Morgan fingerprint density at radius 2 is 1.48 bits per heavy atom. The number of nitrogens with zero attached hydrogens (tertiary/aromatic N) is 3. The molecule has 2 unspecified atom stereocenters. The fourth-order valence-electron chi connectivity index (χ4n) is 4.21. The van der Waals surface area contributed by atoms with Crippen LogP contribution in [0.1, 0.15) is 38.2 Å². The smallest absolute Gasteiger partial charge is 0.328 e. The summed E-state index contributed by atoms with van der Waals surface area (Å²) in [5.41, 5.74) is 0.678. The maximum Gasteiger partial charge on any atom is 0.328 e. The van der Waals surface area contributed by atoms with Crippen LogP contribution in [0.25, 0.3) is 0 Å². The van der Waals surface area contributed by atoms with Crippen molar-refractivity contribution >= 4 is 23.9 Å². The van der Waals surface area contributed by atoms with E-state index in [-0.39, 0.29) is 0 Å². The van der Waals surface area contributed by atoms with Crippen molar-refractivity contribution in [3.8, 4) is 11.8 Å². The second kappa shape index (κ2) is 18.9. The van der Waals surface area contributed by atoms with E-state index in [1.807, 2.05) is 24.3 Å². The summed E-state index contributed by atoms with van der Waals surface area (Å²) in [6, 6.07) is 10.3. The lowest BCUT2D eigenvalue weighted by atomic mass is 9.98. The number of fused-ring (bicyclic) bond motifs is 1. The Bertz CT molecular complexity index is 998. The maximum absolute atomic E-state index is 9.55. The predicted octanol–water partition coefficient (Wildman–Crippen LogP) is 2.56. The normalized spacial score (nSPS) is 17.8. The monoisotopic (exact) mass is 559 g/mol. The summed E-state index contributed by atoms with van der Waals surface area (Å²) in [6.07, 6.45) is 7.48. The summed E-state index contributed by atoms with van der Waals surface area (Å²) in [4.78, 5) is 43.6. The van der Waals surface area contributed by atoms with Crippen LogP contribution in [-0.4, -0.2) is 99.5 Å². The molecule has 40 heavy (non-hydrogen) atoms. The van der Waals surface area contributed by atoms with E-state index >= 15 is 0 Å². The molecule has 2 fully saturated rings. The Labute approximate surface area is 233 Å². The molecule has 12 nitrogen and oxygen atoms in total. The lowest BCUT2D eigenvalue weighted by molar-refractivity contribution is -0.134. The molecule has 2 aliphatic heterocycles.